The van der Waals surface area contributed by atoms with E-state index in [2.05, 4.69) is 55.0 Å². The second kappa shape index (κ2) is 4.44. The number of anilines is 1. The average Bonchev–Trinajstić information content (AvgIpc) is 2.71. The van der Waals surface area contributed by atoms with E-state index in [0.717, 1.165) is 31.4 Å². The van der Waals surface area contributed by atoms with Crippen molar-refractivity contribution in [2.75, 3.05) is 5.73 Å². The third kappa shape index (κ3) is 2.06. The second-order valence-electron chi connectivity index (χ2n) is 4.15. The summed E-state index contributed by atoms with van der Waals surface area (Å²) >= 11 is 6.89. The van der Waals surface area contributed by atoms with Gasteiger partial charge in [0.25, 0.3) is 0 Å². The van der Waals surface area contributed by atoms with Crippen molar-refractivity contribution in [3.05, 3.63) is 51.4 Å². The molecule has 0 unspecified atom stereocenters. The van der Waals surface area contributed by atoms with Gasteiger partial charge in [0.2, 0.25) is 0 Å². The van der Waals surface area contributed by atoms with Crippen molar-refractivity contribution >= 4 is 48.5 Å². The van der Waals surface area contributed by atoms with Crippen molar-refractivity contribution in [1.82, 2.24) is 4.98 Å². The van der Waals surface area contributed by atoms with E-state index in [4.69, 9.17) is 5.73 Å². The Hall–Kier alpha value is -1.26. The number of rotatable bonds is 1. The van der Waals surface area contributed by atoms with Gasteiger partial charge in [0.1, 0.15) is 0 Å². The zero-order valence-electron chi connectivity index (χ0n) is 9.37. The molecule has 1 heterocycles. The van der Waals surface area contributed by atoms with Gasteiger partial charge in [0.15, 0.2) is 0 Å². The minimum Gasteiger partial charge on any atom is -0.398 e. The van der Waals surface area contributed by atoms with Crippen molar-refractivity contribution in [3.63, 3.8) is 0 Å². The van der Waals surface area contributed by atoms with E-state index < -0.39 is 0 Å². The van der Waals surface area contributed by atoms with Gasteiger partial charge in [-0.2, -0.15) is 0 Å². The Balaban J connectivity index is 2.19. The van der Waals surface area contributed by atoms with E-state index in [-0.39, 0.29) is 0 Å². The quantitative estimate of drug-likeness (QED) is 0.589. The van der Waals surface area contributed by atoms with Crippen molar-refractivity contribution in [2.24, 2.45) is 0 Å². The normalized spacial score (nSPS) is 11.0. The molecular formula is C14H10Br2N2. The molecule has 2 aromatic carbocycles. The minimum absolute atomic E-state index is 0.759. The van der Waals surface area contributed by atoms with E-state index in [1.807, 2.05) is 24.3 Å². The summed E-state index contributed by atoms with van der Waals surface area (Å²) in [5, 5.41) is 1.17. The van der Waals surface area contributed by atoms with Crippen molar-refractivity contribution in [2.45, 2.75) is 0 Å². The number of benzene rings is 2. The topological polar surface area (TPSA) is 41.8 Å². The molecule has 3 aromatic rings. The van der Waals surface area contributed by atoms with Gasteiger partial charge in [-0.3, -0.25) is 0 Å². The Morgan fingerprint density at radius 3 is 2.39 bits per heavy atom. The van der Waals surface area contributed by atoms with E-state index in [9.17, 15) is 0 Å². The summed E-state index contributed by atoms with van der Waals surface area (Å²) in [5.74, 6) is 0. The SMILES string of the molecule is Nc1cc(Br)ccc1-c1cc2cc(Br)ccc2[nH]1. The number of H-pyrrole nitrogens is 1. The van der Waals surface area contributed by atoms with Crippen LogP contribution in [0.25, 0.3) is 22.2 Å². The first-order chi connectivity index (χ1) is 8.63. The number of aromatic nitrogens is 1. The first kappa shape index (κ1) is 11.8. The predicted octanol–water partition coefficient (Wildman–Crippen LogP) is 4.94. The summed E-state index contributed by atoms with van der Waals surface area (Å²) in [6.07, 6.45) is 0. The van der Waals surface area contributed by atoms with Gasteiger partial charge in [-0.05, 0) is 42.5 Å². The van der Waals surface area contributed by atoms with Gasteiger partial charge < -0.3 is 10.7 Å². The number of fused-ring (bicyclic) bond motifs is 1. The summed E-state index contributed by atoms with van der Waals surface area (Å²) in [7, 11) is 0. The first-order valence-corrected chi connectivity index (χ1v) is 7.06. The highest BCUT2D eigenvalue weighted by molar-refractivity contribution is 9.10. The lowest BCUT2D eigenvalue weighted by atomic mass is 10.1. The zero-order valence-corrected chi connectivity index (χ0v) is 12.5. The summed E-state index contributed by atoms with van der Waals surface area (Å²) < 4.78 is 2.06. The van der Waals surface area contributed by atoms with Crippen LogP contribution in [-0.2, 0) is 0 Å². The molecule has 18 heavy (non-hydrogen) atoms. The molecule has 0 saturated heterocycles. The Labute approximate surface area is 121 Å². The van der Waals surface area contributed by atoms with Gasteiger partial charge in [0.05, 0.1) is 0 Å². The van der Waals surface area contributed by atoms with Crippen LogP contribution >= 0.6 is 31.9 Å². The Morgan fingerprint density at radius 1 is 0.889 bits per heavy atom. The van der Waals surface area contributed by atoms with Crippen LogP contribution < -0.4 is 5.73 Å². The summed E-state index contributed by atoms with van der Waals surface area (Å²) in [5.41, 5.74) is 9.97. The molecule has 1 aromatic heterocycles. The van der Waals surface area contributed by atoms with E-state index in [0.29, 0.717) is 0 Å². The fourth-order valence-electron chi connectivity index (χ4n) is 2.03. The average molecular weight is 366 g/mol. The predicted molar refractivity (Wildman–Crippen MR) is 83.5 cm³/mol. The maximum absolute atomic E-state index is 6.05. The third-order valence-electron chi connectivity index (χ3n) is 2.89. The number of nitrogen functional groups attached to an aromatic ring is 1. The van der Waals surface area contributed by atoms with Crippen LogP contribution in [0, 0.1) is 0 Å². The standard InChI is InChI=1S/C14H10Br2N2/c15-9-2-4-13-8(5-9)6-14(18-13)11-3-1-10(16)7-12(11)17/h1-7,18H,17H2. The summed E-state index contributed by atoms with van der Waals surface area (Å²) in [4.78, 5) is 3.38. The Bertz CT molecular complexity index is 732. The van der Waals surface area contributed by atoms with Crippen molar-refractivity contribution in [3.8, 4) is 11.3 Å². The highest BCUT2D eigenvalue weighted by Crippen LogP contribution is 2.31. The number of halogens is 2. The monoisotopic (exact) mass is 364 g/mol. The van der Waals surface area contributed by atoms with Gasteiger partial charge in [-0.25, -0.2) is 0 Å². The van der Waals surface area contributed by atoms with E-state index in [1.54, 1.807) is 0 Å². The lowest BCUT2D eigenvalue weighted by Crippen LogP contribution is -1.89. The Morgan fingerprint density at radius 2 is 1.61 bits per heavy atom. The fourth-order valence-corrected chi connectivity index (χ4v) is 2.79. The highest BCUT2D eigenvalue weighted by atomic mass is 79.9. The molecule has 0 amide bonds. The van der Waals surface area contributed by atoms with Crippen LogP contribution in [0.4, 0.5) is 5.69 Å². The van der Waals surface area contributed by atoms with Crippen LogP contribution in [0.1, 0.15) is 0 Å². The van der Waals surface area contributed by atoms with Crippen LogP contribution in [-0.4, -0.2) is 4.98 Å². The molecule has 0 aliphatic carbocycles. The number of aromatic amines is 1. The maximum atomic E-state index is 6.05. The first-order valence-electron chi connectivity index (χ1n) is 5.47. The zero-order chi connectivity index (χ0) is 12.7. The molecule has 0 radical (unpaired) electrons. The van der Waals surface area contributed by atoms with Gasteiger partial charge in [-0.1, -0.05) is 31.9 Å². The molecule has 0 aliphatic heterocycles. The largest absolute Gasteiger partial charge is 0.398 e. The van der Waals surface area contributed by atoms with Gasteiger partial charge in [-0.15, -0.1) is 0 Å². The van der Waals surface area contributed by atoms with Crippen molar-refractivity contribution in [1.29, 1.82) is 0 Å². The van der Waals surface area contributed by atoms with Crippen LogP contribution in [0.3, 0.4) is 0 Å². The maximum Gasteiger partial charge on any atom is 0.0485 e. The molecule has 0 spiro atoms. The number of nitrogens with two attached hydrogens (primary N) is 1. The number of hydrogen-bond acceptors (Lipinski definition) is 1. The van der Waals surface area contributed by atoms with Crippen LogP contribution in [0.15, 0.2) is 51.4 Å². The summed E-state index contributed by atoms with van der Waals surface area (Å²) in [6.45, 7) is 0. The molecule has 2 nitrogen and oxygen atoms in total. The molecule has 90 valence electrons. The number of hydrogen-bond donors (Lipinski definition) is 2. The number of nitrogens with one attached hydrogen (secondary N) is 1. The molecule has 0 fully saturated rings. The summed E-state index contributed by atoms with van der Waals surface area (Å²) in [6, 6.07) is 14.2. The van der Waals surface area contributed by atoms with E-state index in [1.165, 1.54) is 5.39 Å². The highest BCUT2D eigenvalue weighted by Gasteiger charge is 2.07. The van der Waals surface area contributed by atoms with Crippen molar-refractivity contribution < 1.29 is 0 Å². The third-order valence-corrected chi connectivity index (χ3v) is 3.87. The van der Waals surface area contributed by atoms with Crippen LogP contribution in [0.2, 0.25) is 0 Å². The van der Waals surface area contributed by atoms with Crippen LogP contribution in [0.5, 0.6) is 0 Å². The van der Waals surface area contributed by atoms with E-state index >= 15 is 0 Å². The molecule has 3 rings (SSSR count). The smallest absolute Gasteiger partial charge is 0.0485 e. The Kier molecular flexibility index (Phi) is 2.92. The molecule has 0 saturated carbocycles. The van der Waals surface area contributed by atoms with Gasteiger partial charge in [0, 0.05) is 36.8 Å². The lowest BCUT2D eigenvalue weighted by Gasteiger charge is -2.03. The molecule has 4 heteroatoms. The molecule has 3 N–H and O–H groups in total. The lowest BCUT2D eigenvalue weighted by molar-refractivity contribution is 1.45. The fraction of sp³-hybridized carbons (Fsp3) is 0. The minimum atomic E-state index is 0.759. The molecule has 0 aliphatic rings. The molecular weight excluding hydrogens is 356 g/mol. The second-order valence-corrected chi connectivity index (χ2v) is 5.98. The molecule has 0 bridgehead atoms. The molecule has 0 atom stereocenters. The van der Waals surface area contributed by atoms with Gasteiger partial charge >= 0.3 is 0 Å².